The van der Waals surface area contributed by atoms with Gasteiger partial charge in [-0.2, -0.15) is 5.10 Å². The molecule has 0 aromatic carbocycles. The molecule has 96 valence electrons. The average molecular weight is 283 g/mol. The molecule has 2 N–H and O–H groups in total. The molecule has 18 heavy (non-hydrogen) atoms. The highest BCUT2D eigenvalue weighted by Gasteiger charge is 2.04. The second-order valence-corrected chi connectivity index (χ2v) is 5.61. The van der Waals surface area contributed by atoms with E-state index in [9.17, 15) is 4.79 Å². The van der Waals surface area contributed by atoms with Gasteiger partial charge in [0.05, 0.1) is 23.0 Å². The lowest BCUT2D eigenvalue weighted by molar-refractivity contribution is -0.118. The number of nitrogens with one attached hydrogen (secondary N) is 2. The summed E-state index contributed by atoms with van der Waals surface area (Å²) in [6, 6.07) is 0. The first-order chi connectivity index (χ1) is 8.74. The second kappa shape index (κ2) is 6.50. The normalized spacial score (nSPS) is 10.5. The number of nitrogens with zero attached hydrogens (tertiary/aromatic N) is 3. The average Bonchev–Trinajstić information content (AvgIpc) is 2.98. The number of carbonyl (C=O) groups excluding carboxylic acids is 1. The molecule has 6 nitrogen and oxygen atoms in total. The number of H-pyrrole nitrogens is 1. The summed E-state index contributed by atoms with van der Waals surface area (Å²) in [6.07, 6.45) is 1.42. The van der Waals surface area contributed by atoms with E-state index in [0.717, 1.165) is 16.5 Å². The van der Waals surface area contributed by atoms with Gasteiger partial charge in [0.1, 0.15) is 12.2 Å². The molecule has 2 heterocycles. The largest absolute Gasteiger partial charge is 0.348 e. The molecule has 8 heteroatoms. The third-order valence-corrected chi connectivity index (χ3v) is 3.86. The zero-order valence-corrected chi connectivity index (χ0v) is 11.5. The second-order valence-electron chi connectivity index (χ2n) is 3.56. The topological polar surface area (TPSA) is 83.6 Å². The zero-order chi connectivity index (χ0) is 12.8. The molecular weight excluding hydrogens is 270 g/mol. The molecule has 2 aromatic rings. The molecule has 0 unspecified atom stereocenters. The molecular formula is C10H13N5OS2. The molecule has 0 radical (unpaired) electrons. The SMILES string of the molecule is Cc1nc(CSCC(=O)NCc2ncn[nH]2)cs1. The number of aromatic nitrogens is 4. The monoisotopic (exact) mass is 283 g/mol. The lowest BCUT2D eigenvalue weighted by Gasteiger charge is -2.02. The van der Waals surface area contributed by atoms with Gasteiger partial charge in [0, 0.05) is 11.1 Å². The van der Waals surface area contributed by atoms with Crippen molar-refractivity contribution in [2.24, 2.45) is 0 Å². The summed E-state index contributed by atoms with van der Waals surface area (Å²) in [7, 11) is 0. The van der Waals surface area contributed by atoms with E-state index in [1.54, 1.807) is 23.1 Å². The van der Waals surface area contributed by atoms with Crippen molar-refractivity contribution in [2.75, 3.05) is 5.75 Å². The van der Waals surface area contributed by atoms with Crippen molar-refractivity contribution >= 4 is 29.0 Å². The Morgan fingerprint density at radius 1 is 1.61 bits per heavy atom. The summed E-state index contributed by atoms with van der Waals surface area (Å²) in [6.45, 7) is 2.36. The van der Waals surface area contributed by atoms with Crippen LogP contribution >= 0.6 is 23.1 Å². The fourth-order valence-electron chi connectivity index (χ4n) is 1.27. The maximum atomic E-state index is 11.5. The summed E-state index contributed by atoms with van der Waals surface area (Å²) >= 11 is 3.18. The molecule has 0 saturated carbocycles. The van der Waals surface area contributed by atoms with Crippen LogP contribution in [0.25, 0.3) is 0 Å². The summed E-state index contributed by atoms with van der Waals surface area (Å²) in [5.74, 6) is 1.83. The number of amides is 1. The van der Waals surface area contributed by atoms with Crippen molar-refractivity contribution in [1.82, 2.24) is 25.5 Å². The van der Waals surface area contributed by atoms with Crippen molar-refractivity contribution in [2.45, 2.75) is 19.2 Å². The van der Waals surface area contributed by atoms with E-state index in [1.165, 1.54) is 6.33 Å². The molecule has 0 saturated heterocycles. The number of thiazole rings is 1. The molecule has 1 amide bonds. The van der Waals surface area contributed by atoms with Crippen LogP contribution in [0.5, 0.6) is 0 Å². The highest BCUT2D eigenvalue weighted by Crippen LogP contribution is 2.14. The fraction of sp³-hybridized carbons (Fsp3) is 0.400. The minimum absolute atomic E-state index is 0.0108. The van der Waals surface area contributed by atoms with Gasteiger partial charge >= 0.3 is 0 Å². The Hall–Kier alpha value is -1.41. The first kappa shape index (κ1) is 13.0. The quantitative estimate of drug-likeness (QED) is 0.830. The molecule has 0 aliphatic carbocycles. The minimum Gasteiger partial charge on any atom is -0.348 e. The third kappa shape index (κ3) is 4.11. The molecule has 0 bridgehead atoms. The van der Waals surface area contributed by atoms with Crippen molar-refractivity contribution in [3.8, 4) is 0 Å². The van der Waals surface area contributed by atoms with E-state index in [2.05, 4.69) is 25.5 Å². The maximum absolute atomic E-state index is 11.5. The standard InChI is InChI=1S/C10H13N5OS2/c1-7-14-8(4-18-7)3-17-5-10(16)11-2-9-12-6-13-15-9/h4,6H,2-3,5H2,1H3,(H,11,16)(H,12,13,15). The van der Waals surface area contributed by atoms with E-state index >= 15 is 0 Å². The van der Waals surface area contributed by atoms with Crippen LogP contribution in [-0.4, -0.2) is 31.8 Å². The van der Waals surface area contributed by atoms with Crippen LogP contribution in [0.15, 0.2) is 11.7 Å². The summed E-state index contributed by atoms with van der Waals surface area (Å²) in [5.41, 5.74) is 1.03. The molecule has 0 aliphatic heterocycles. The van der Waals surface area contributed by atoms with E-state index in [-0.39, 0.29) is 5.91 Å². The van der Waals surface area contributed by atoms with E-state index < -0.39 is 0 Å². The van der Waals surface area contributed by atoms with Gasteiger partial charge in [-0.3, -0.25) is 9.89 Å². The Balaban J connectivity index is 1.63. The first-order valence-electron chi connectivity index (χ1n) is 5.34. The third-order valence-electron chi connectivity index (χ3n) is 2.07. The van der Waals surface area contributed by atoms with Gasteiger partial charge in [-0.25, -0.2) is 9.97 Å². The number of rotatable bonds is 6. The van der Waals surface area contributed by atoms with Gasteiger partial charge in [0.25, 0.3) is 0 Å². The van der Waals surface area contributed by atoms with Crippen LogP contribution in [0, 0.1) is 6.92 Å². The van der Waals surface area contributed by atoms with Crippen LogP contribution in [-0.2, 0) is 17.1 Å². The number of carbonyl (C=O) groups is 1. The Labute approximate surface area is 113 Å². The van der Waals surface area contributed by atoms with Crippen molar-refractivity contribution in [3.63, 3.8) is 0 Å². The smallest absolute Gasteiger partial charge is 0.230 e. The molecule has 2 rings (SSSR count). The highest BCUT2D eigenvalue weighted by atomic mass is 32.2. The van der Waals surface area contributed by atoms with Crippen LogP contribution in [0.4, 0.5) is 0 Å². The maximum Gasteiger partial charge on any atom is 0.230 e. The van der Waals surface area contributed by atoms with Gasteiger partial charge in [0.15, 0.2) is 0 Å². The first-order valence-corrected chi connectivity index (χ1v) is 7.37. The van der Waals surface area contributed by atoms with Crippen LogP contribution in [0.1, 0.15) is 16.5 Å². The Bertz CT molecular complexity index is 496. The van der Waals surface area contributed by atoms with Crippen LogP contribution in [0.3, 0.4) is 0 Å². The Morgan fingerprint density at radius 2 is 2.50 bits per heavy atom. The van der Waals surface area contributed by atoms with Crippen molar-refractivity contribution in [3.05, 3.63) is 28.2 Å². The van der Waals surface area contributed by atoms with Gasteiger partial charge < -0.3 is 5.32 Å². The Morgan fingerprint density at radius 3 is 3.17 bits per heavy atom. The summed E-state index contributed by atoms with van der Waals surface area (Å²) in [5, 5.41) is 12.2. The van der Waals surface area contributed by atoms with Gasteiger partial charge in [-0.1, -0.05) is 0 Å². The predicted octanol–water partition coefficient (Wildman–Crippen LogP) is 1.12. The molecule has 0 fully saturated rings. The lowest BCUT2D eigenvalue weighted by Crippen LogP contribution is -2.25. The number of hydrogen-bond acceptors (Lipinski definition) is 6. The summed E-state index contributed by atoms with van der Waals surface area (Å²) < 4.78 is 0. The van der Waals surface area contributed by atoms with E-state index in [0.29, 0.717) is 18.1 Å². The molecule has 0 atom stereocenters. The molecule has 0 aliphatic rings. The number of aryl methyl sites for hydroxylation is 1. The molecule has 2 aromatic heterocycles. The number of thioether (sulfide) groups is 1. The highest BCUT2D eigenvalue weighted by molar-refractivity contribution is 7.99. The number of hydrogen-bond donors (Lipinski definition) is 2. The fourth-order valence-corrected chi connectivity index (χ4v) is 2.74. The predicted molar refractivity (Wildman–Crippen MR) is 71.2 cm³/mol. The van der Waals surface area contributed by atoms with Gasteiger partial charge in [-0.05, 0) is 6.92 Å². The van der Waals surface area contributed by atoms with E-state index in [1.807, 2.05) is 12.3 Å². The summed E-state index contributed by atoms with van der Waals surface area (Å²) in [4.78, 5) is 19.8. The molecule has 0 spiro atoms. The van der Waals surface area contributed by atoms with Crippen LogP contribution < -0.4 is 5.32 Å². The van der Waals surface area contributed by atoms with Crippen LogP contribution in [0.2, 0.25) is 0 Å². The van der Waals surface area contributed by atoms with Gasteiger partial charge in [0.2, 0.25) is 5.91 Å². The lowest BCUT2D eigenvalue weighted by atomic mass is 10.5. The van der Waals surface area contributed by atoms with Crippen molar-refractivity contribution in [1.29, 1.82) is 0 Å². The minimum atomic E-state index is -0.0108. The Kier molecular flexibility index (Phi) is 4.71. The van der Waals surface area contributed by atoms with Crippen molar-refractivity contribution < 1.29 is 4.79 Å². The zero-order valence-electron chi connectivity index (χ0n) is 9.84. The van der Waals surface area contributed by atoms with Gasteiger partial charge in [-0.15, -0.1) is 23.1 Å². The number of aromatic amines is 1. The van der Waals surface area contributed by atoms with E-state index in [4.69, 9.17) is 0 Å².